The van der Waals surface area contributed by atoms with Gasteiger partial charge in [0.2, 0.25) is 0 Å². The topological polar surface area (TPSA) is 0 Å². The average Bonchev–Trinajstić information content (AvgIpc) is 3.83. The number of hydrogen-bond acceptors (Lipinski definition) is 0. The molecule has 0 aromatic heterocycles. The fourth-order valence-electron chi connectivity index (χ4n) is 12.9. The molecule has 60 heavy (non-hydrogen) atoms. The van der Waals surface area contributed by atoms with E-state index in [2.05, 4.69) is 207 Å². The molecular weight excluding hydrogens is 721 g/mol. The van der Waals surface area contributed by atoms with Gasteiger partial charge in [-0.05, 0) is 136 Å². The molecule has 0 spiro atoms. The van der Waals surface area contributed by atoms with Gasteiger partial charge >= 0.3 is 0 Å². The highest BCUT2D eigenvalue weighted by Crippen LogP contribution is 2.58. The van der Waals surface area contributed by atoms with E-state index in [1.807, 2.05) is 0 Å². The molecule has 0 nitrogen and oxygen atoms in total. The number of hydrogen-bond donors (Lipinski definition) is 0. The minimum Gasteiger partial charge on any atom is -0.0761 e. The van der Waals surface area contributed by atoms with Crippen LogP contribution < -0.4 is 0 Å². The highest BCUT2D eigenvalue weighted by Gasteiger charge is 2.47. The Bertz CT molecular complexity index is 3020. The van der Waals surface area contributed by atoms with E-state index in [4.69, 9.17) is 0 Å². The summed E-state index contributed by atoms with van der Waals surface area (Å²) in [5.74, 6) is 1.27. The van der Waals surface area contributed by atoms with Gasteiger partial charge in [-0.15, -0.1) is 0 Å². The van der Waals surface area contributed by atoms with Crippen molar-refractivity contribution >= 4 is 5.57 Å². The van der Waals surface area contributed by atoms with Crippen molar-refractivity contribution in [2.24, 2.45) is 11.8 Å². The van der Waals surface area contributed by atoms with Gasteiger partial charge in [-0.25, -0.2) is 0 Å². The van der Waals surface area contributed by atoms with Crippen LogP contribution in [0.3, 0.4) is 0 Å². The lowest BCUT2D eigenvalue weighted by atomic mass is 9.70. The van der Waals surface area contributed by atoms with Crippen LogP contribution in [-0.2, 0) is 21.7 Å². The summed E-state index contributed by atoms with van der Waals surface area (Å²) in [5.41, 5.74) is 26.8. The average molecular weight is 775 g/mol. The second-order valence-electron chi connectivity index (χ2n) is 20.9. The number of fused-ring (bicyclic) bond motifs is 11. The van der Waals surface area contributed by atoms with Crippen molar-refractivity contribution in [2.45, 2.75) is 89.4 Å². The third-order valence-corrected chi connectivity index (χ3v) is 16.4. The summed E-state index contributed by atoms with van der Waals surface area (Å²) < 4.78 is 0. The van der Waals surface area contributed by atoms with Crippen LogP contribution in [0.15, 0.2) is 163 Å². The Hall–Kier alpha value is -5.72. The zero-order valence-electron chi connectivity index (χ0n) is 36.4. The van der Waals surface area contributed by atoms with Crippen molar-refractivity contribution in [1.82, 2.24) is 0 Å². The molecule has 3 atom stereocenters. The van der Waals surface area contributed by atoms with E-state index >= 15 is 0 Å². The Morgan fingerprint density at radius 2 is 0.917 bits per heavy atom. The van der Waals surface area contributed by atoms with Gasteiger partial charge < -0.3 is 0 Å². The quantitative estimate of drug-likeness (QED) is 0.168. The maximum Gasteiger partial charge on any atom is 0.0159 e. The second kappa shape index (κ2) is 12.0. The van der Waals surface area contributed by atoms with Crippen molar-refractivity contribution in [3.63, 3.8) is 0 Å². The van der Waals surface area contributed by atoms with Gasteiger partial charge in [-0.2, -0.15) is 0 Å². The maximum absolute atomic E-state index is 2.66. The third-order valence-electron chi connectivity index (χ3n) is 16.4. The molecule has 0 amide bonds. The lowest BCUT2D eigenvalue weighted by Crippen LogP contribution is -2.26. The Morgan fingerprint density at radius 1 is 0.433 bits per heavy atom. The predicted molar refractivity (Wildman–Crippen MR) is 253 cm³/mol. The maximum atomic E-state index is 2.66. The lowest BCUT2D eigenvalue weighted by Gasteiger charge is -2.34. The molecule has 0 saturated carbocycles. The van der Waals surface area contributed by atoms with E-state index in [0.29, 0.717) is 17.8 Å². The van der Waals surface area contributed by atoms with Gasteiger partial charge in [0.25, 0.3) is 0 Å². The van der Waals surface area contributed by atoms with Crippen molar-refractivity contribution in [2.75, 3.05) is 0 Å². The van der Waals surface area contributed by atoms with Crippen molar-refractivity contribution in [3.8, 4) is 44.5 Å². The fraction of sp³-hybridized carbons (Fsp3) is 0.267. The highest BCUT2D eigenvalue weighted by atomic mass is 14.5. The Labute approximate surface area is 357 Å². The van der Waals surface area contributed by atoms with Crippen LogP contribution in [0, 0.1) is 11.8 Å². The summed E-state index contributed by atoms with van der Waals surface area (Å²) in [6, 6.07) is 47.0. The monoisotopic (exact) mass is 774 g/mol. The van der Waals surface area contributed by atoms with Crippen LogP contribution in [0.5, 0.6) is 0 Å². The smallest absolute Gasteiger partial charge is 0.0159 e. The molecule has 0 saturated heterocycles. The minimum absolute atomic E-state index is 0.0119. The summed E-state index contributed by atoms with van der Waals surface area (Å²) >= 11 is 0. The summed E-state index contributed by atoms with van der Waals surface area (Å²) in [7, 11) is 0. The van der Waals surface area contributed by atoms with Gasteiger partial charge in [0.15, 0.2) is 0 Å². The molecule has 0 bridgehead atoms. The van der Waals surface area contributed by atoms with Gasteiger partial charge in [0, 0.05) is 28.1 Å². The standard InChI is InChI=1S/C60H54/c1-57(2)49-15-11-9-13-41(49)43-23-17-35(29-51(43)57)37-19-25-45-47-27-21-39(33-55(47)59(5,6)53(45)31-37)40-22-28-48-46-26-20-38(32-54(46)60(7,8)56(48)34-40)36-18-24-44-42-14-10-12-16-50(42)58(3,4)52(44)30-36/h9-29,31-34,36,46,54H,30H2,1-8H3. The number of allylic oxidation sites excluding steroid dienone is 8. The van der Waals surface area contributed by atoms with Crippen LogP contribution in [0.1, 0.15) is 112 Å². The SMILES string of the molecule is CC1(C)C2=C(C=CC(C3=CC4C(C=C3)c3ccc(-c5ccc6c(c5)C(C)(C)c5cc(-c7ccc8c(c7)C(C)(C)c7ccccc7-8)ccc5-6)cc3C4(C)C)C2)c2ccccc21. The molecule has 0 N–H and O–H groups in total. The van der Waals surface area contributed by atoms with Crippen LogP contribution in [0.25, 0.3) is 50.1 Å². The predicted octanol–water partition coefficient (Wildman–Crippen LogP) is 15.4. The van der Waals surface area contributed by atoms with Gasteiger partial charge in [0.1, 0.15) is 0 Å². The fourth-order valence-corrected chi connectivity index (χ4v) is 12.9. The van der Waals surface area contributed by atoms with E-state index in [1.54, 1.807) is 5.57 Å². The summed E-state index contributed by atoms with van der Waals surface area (Å²) in [4.78, 5) is 0. The summed E-state index contributed by atoms with van der Waals surface area (Å²) in [6.45, 7) is 19.4. The summed E-state index contributed by atoms with van der Waals surface area (Å²) in [6.07, 6.45) is 13.7. The molecule has 0 fully saturated rings. The van der Waals surface area contributed by atoms with E-state index < -0.39 is 0 Å². The molecule has 6 aliphatic carbocycles. The molecule has 0 heterocycles. The zero-order chi connectivity index (χ0) is 41.1. The third kappa shape index (κ3) is 4.74. The van der Waals surface area contributed by atoms with Gasteiger partial charge in [-0.3, -0.25) is 0 Å². The Balaban J connectivity index is 0.832. The van der Waals surface area contributed by atoms with E-state index in [0.717, 1.165) is 6.42 Å². The van der Waals surface area contributed by atoms with Crippen molar-refractivity contribution in [3.05, 3.63) is 207 Å². The molecule has 6 aromatic carbocycles. The van der Waals surface area contributed by atoms with Crippen LogP contribution in [0.4, 0.5) is 0 Å². The molecule has 6 aliphatic rings. The molecule has 0 heteroatoms. The first-order chi connectivity index (χ1) is 28.7. The molecular formula is C60H54. The molecule has 0 aliphatic heterocycles. The lowest BCUT2D eigenvalue weighted by molar-refractivity contribution is 0.390. The van der Waals surface area contributed by atoms with Crippen LogP contribution >= 0.6 is 0 Å². The number of benzene rings is 6. The number of rotatable bonds is 3. The first kappa shape index (κ1) is 36.2. The molecule has 0 radical (unpaired) electrons. The van der Waals surface area contributed by atoms with E-state index in [-0.39, 0.29) is 21.7 Å². The zero-order valence-corrected chi connectivity index (χ0v) is 36.4. The van der Waals surface area contributed by atoms with Crippen molar-refractivity contribution < 1.29 is 0 Å². The Kier molecular flexibility index (Phi) is 7.22. The van der Waals surface area contributed by atoms with Crippen molar-refractivity contribution in [1.29, 1.82) is 0 Å². The van der Waals surface area contributed by atoms with Crippen LogP contribution in [-0.4, -0.2) is 0 Å². The van der Waals surface area contributed by atoms with Gasteiger partial charge in [0.05, 0.1) is 0 Å². The summed E-state index contributed by atoms with van der Waals surface area (Å²) in [5, 5.41) is 0. The minimum atomic E-state index is -0.110. The molecule has 12 rings (SSSR count). The van der Waals surface area contributed by atoms with E-state index in [9.17, 15) is 0 Å². The van der Waals surface area contributed by atoms with Crippen LogP contribution in [0.2, 0.25) is 0 Å². The van der Waals surface area contributed by atoms with E-state index in [1.165, 1.54) is 100 Å². The molecule has 294 valence electrons. The normalized spacial score (nSPS) is 23.2. The largest absolute Gasteiger partial charge is 0.0761 e. The Morgan fingerprint density at radius 3 is 1.52 bits per heavy atom. The first-order valence-corrected chi connectivity index (χ1v) is 22.4. The second-order valence-corrected chi connectivity index (χ2v) is 20.9. The van der Waals surface area contributed by atoms with Gasteiger partial charge in [-0.1, -0.05) is 194 Å². The first-order valence-electron chi connectivity index (χ1n) is 22.4. The highest BCUT2D eigenvalue weighted by molar-refractivity contribution is 5.89. The molecule has 6 aromatic rings. The molecule has 3 unspecified atom stereocenters.